The van der Waals surface area contributed by atoms with E-state index in [1.807, 2.05) is 30.3 Å². The van der Waals surface area contributed by atoms with Gasteiger partial charge >= 0.3 is 0 Å². The molecule has 0 spiro atoms. The number of nitrogens with zero attached hydrogens (tertiary/aromatic N) is 3. The molecule has 1 amide bonds. The van der Waals surface area contributed by atoms with E-state index in [1.165, 1.54) is 17.2 Å². The summed E-state index contributed by atoms with van der Waals surface area (Å²) in [6.45, 7) is 0.590. The molecule has 1 N–H and O–H groups in total. The van der Waals surface area contributed by atoms with Crippen LogP contribution >= 0.6 is 0 Å². The van der Waals surface area contributed by atoms with E-state index in [0.29, 0.717) is 13.0 Å². The Labute approximate surface area is 150 Å². The largest absolute Gasteiger partial charge is 0.391 e. The highest BCUT2D eigenvalue weighted by Gasteiger charge is 2.35. The number of aliphatic hydroxyl groups excluding tert-OH is 1. The number of rotatable bonds is 3. The van der Waals surface area contributed by atoms with Gasteiger partial charge in [0.25, 0.3) is 5.91 Å². The molecule has 132 valence electrons. The maximum atomic E-state index is 13.8. The lowest BCUT2D eigenvalue weighted by atomic mass is 9.94. The first-order valence-corrected chi connectivity index (χ1v) is 8.53. The van der Waals surface area contributed by atoms with Gasteiger partial charge in [0.2, 0.25) is 0 Å². The Morgan fingerprint density at radius 1 is 1.19 bits per heavy atom. The molecule has 0 saturated carbocycles. The van der Waals surface area contributed by atoms with Crippen LogP contribution in [0.25, 0.3) is 10.9 Å². The zero-order chi connectivity index (χ0) is 18.1. The second-order valence-electron chi connectivity index (χ2n) is 6.58. The predicted molar refractivity (Wildman–Crippen MR) is 95.0 cm³/mol. The van der Waals surface area contributed by atoms with E-state index >= 15 is 0 Å². The maximum absolute atomic E-state index is 13.8. The van der Waals surface area contributed by atoms with Crippen LogP contribution in [-0.2, 0) is 6.42 Å². The molecule has 3 heterocycles. The van der Waals surface area contributed by atoms with Crippen LogP contribution < -0.4 is 0 Å². The van der Waals surface area contributed by atoms with Gasteiger partial charge < -0.3 is 10.0 Å². The zero-order valence-electron chi connectivity index (χ0n) is 14.0. The summed E-state index contributed by atoms with van der Waals surface area (Å²) < 4.78 is 13.8. The van der Waals surface area contributed by atoms with Crippen LogP contribution in [-0.4, -0.2) is 45.1 Å². The molecular formula is C20H18FN3O2. The lowest BCUT2D eigenvalue weighted by Crippen LogP contribution is -2.30. The number of para-hydroxylation sites is 1. The molecule has 26 heavy (non-hydrogen) atoms. The quantitative estimate of drug-likeness (QED) is 0.787. The summed E-state index contributed by atoms with van der Waals surface area (Å²) >= 11 is 0. The fourth-order valence-electron chi connectivity index (χ4n) is 3.56. The highest BCUT2D eigenvalue weighted by molar-refractivity contribution is 5.94. The van der Waals surface area contributed by atoms with Gasteiger partial charge in [0.05, 0.1) is 23.4 Å². The molecule has 4 rings (SSSR count). The van der Waals surface area contributed by atoms with Gasteiger partial charge in [-0.2, -0.15) is 0 Å². The Morgan fingerprint density at radius 3 is 2.88 bits per heavy atom. The summed E-state index contributed by atoms with van der Waals surface area (Å²) in [6, 6.07) is 11.2. The van der Waals surface area contributed by atoms with Crippen molar-refractivity contribution < 1.29 is 14.3 Å². The summed E-state index contributed by atoms with van der Waals surface area (Å²) in [5.41, 5.74) is 1.98. The summed E-state index contributed by atoms with van der Waals surface area (Å²) in [4.78, 5) is 22.1. The third-order valence-corrected chi connectivity index (χ3v) is 4.92. The molecule has 2 aromatic heterocycles. The third-order valence-electron chi connectivity index (χ3n) is 4.92. The number of aliphatic hydroxyl groups is 1. The average Bonchev–Trinajstić information content (AvgIpc) is 3.02. The van der Waals surface area contributed by atoms with Crippen molar-refractivity contribution >= 4 is 16.8 Å². The third kappa shape index (κ3) is 3.04. The number of amides is 1. The van der Waals surface area contributed by atoms with E-state index in [1.54, 1.807) is 6.20 Å². The van der Waals surface area contributed by atoms with Crippen molar-refractivity contribution in [3.63, 3.8) is 0 Å². The number of hydrogen-bond acceptors (Lipinski definition) is 4. The van der Waals surface area contributed by atoms with E-state index < -0.39 is 17.8 Å². The number of fused-ring (bicyclic) bond motifs is 1. The lowest BCUT2D eigenvalue weighted by molar-refractivity contribution is 0.0760. The molecule has 1 aromatic carbocycles. The Kier molecular flexibility index (Phi) is 4.34. The summed E-state index contributed by atoms with van der Waals surface area (Å²) in [6.07, 6.45) is 4.17. The van der Waals surface area contributed by atoms with Crippen molar-refractivity contribution in [1.29, 1.82) is 0 Å². The van der Waals surface area contributed by atoms with Crippen molar-refractivity contribution in [2.24, 2.45) is 5.92 Å². The standard InChI is InChI=1S/C20H18FN3O2/c21-17-10-22-7-6-16(17)20(26)24-11-14(19(25)12-24)9-13-5-8-23-18-4-2-1-3-15(13)18/h1-8,10,14,19,25H,9,11-12H2/t14-,19-/m1/s1. The molecular weight excluding hydrogens is 333 g/mol. The van der Waals surface area contributed by atoms with Crippen molar-refractivity contribution in [1.82, 2.24) is 14.9 Å². The minimum atomic E-state index is -0.643. The van der Waals surface area contributed by atoms with Crippen LogP contribution in [0.5, 0.6) is 0 Å². The van der Waals surface area contributed by atoms with Crippen molar-refractivity contribution in [3.8, 4) is 0 Å². The fourth-order valence-corrected chi connectivity index (χ4v) is 3.56. The minimum absolute atomic E-state index is 0.0118. The maximum Gasteiger partial charge on any atom is 0.257 e. The van der Waals surface area contributed by atoms with Gasteiger partial charge in [-0.05, 0) is 30.2 Å². The topological polar surface area (TPSA) is 66.3 Å². The van der Waals surface area contributed by atoms with Gasteiger partial charge in [-0.25, -0.2) is 4.39 Å². The van der Waals surface area contributed by atoms with Crippen LogP contribution in [0.4, 0.5) is 4.39 Å². The Balaban J connectivity index is 1.54. The molecule has 0 radical (unpaired) electrons. The highest BCUT2D eigenvalue weighted by Crippen LogP contribution is 2.26. The van der Waals surface area contributed by atoms with E-state index in [9.17, 15) is 14.3 Å². The SMILES string of the molecule is O=C(c1ccncc1F)N1C[C@@H](Cc2ccnc3ccccc23)[C@H](O)C1. The predicted octanol–water partition coefficient (Wildman–Crippen LogP) is 2.44. The van der Waals surface area contributed by atoms with Gasteiger partial charge in [-0.1, -0.05) is 18.2 Å². The first-order valence-electron chi connectivity index (χ1n) is 8.53. The van der Waals surface area contributed by atoms with Gasteiger partial charge in [-0.15, -0.1) is 0 Å². The molecule has 2 atom stereocenters. The molecule has 0 aliphatic carbocycles. The number of carbonyl (C=O) groups is 1. The first-order chi connectivity index (χ1) is 12.6. The smallest absolute Gasteiger partial charge is 0.257 e. The Hall–Kier alpha value is -2.86. The molecule has 0 unspecified atom stereocenters. The number of hydrogen-bond donors (Lipinski definition) is 1. The molecule has 1 saturated heterocycles. The van der Waals surface area contributed by atoms with Crippen molar-refractivity contribution in [2.45, 2.75) is 12.5 Å². The summed E-state index contributed by atoms with van der Waals surface area (Å²) in [7, 11) is 0. The molecule has 1 aliphatic heterocycles. The fraction of sp³-hybridized carbons (Fsp3) is 0.250. The number of carbonyl (C=O) groups excluding carboxylic acids is 1. The molecule has 5 nitrogen and oxygen atoms in total. The van der Waals surface area contributed by atoms with Crippen LogP contribution in [0.3, 0.4) is 0 Å². The summed E-state index contributed by atoms with van der Waals surface area (Å²) in [5, 5.41) is 11.5. The van der Waals surface area contributed by atoms with E-state index in [0.717, 1.165) is 22.7 Å². The second-order valence-corrected chi connectivity index (χ2v) is 6.58. The Morgan fingerprint density at radius 2 is 2.04 bits per heavy atom. The van der Waals surface area contributed by atoms with Crippen molar-refractivity contribution in [2.75, 3.05) is 13.1 Å². The van der Waals surface area contributed by atoms with Gasteiger partial charge in [-0.3, -0.25) is 14.8 Å². The number of pyridine rings is 2. The molecule has 3 aromatic rings. The van der Waals surface area contributed by atoms with Gasteiger partial charge in [0.1, 0.15) is 0 Å². The first kappa shape index (κ1) is 16.6. The highest BCUT2D eigenvalue weighted by atomic mass is 19.1. The molecule has 0 bridgehead atoms. The number of β-amino-alcohol motifs (C(OH)–C–C–N with tert-alkyl or cyclic N) is 1. The van der Waals surface area contributed by atoms with Gasteiger partial charge in [0, 0.05) is 36.8 Å². The number of likely N-dealkylation sites (tertiary alicyclic amines) is 1. The molecule has 1 aliphatic rings. The van der Waals surface area contributed by atoms with E-state index in [4.69, 9.17) is 0 Å². The van der Waals surface area contributed by atoms with Crippen LogP contribution in [0.15, 0.2) is 55.0 Å². The van der Waals surface area contributed by atoms with Gasteiger partial charge in [0.15, 0.2) is 5.82 Å². The van der Waals surface area contributed by atoms with E-state index in [2.05, 4.69) is 9.97 Å². The number of aromatic nitrogens is 2. The van der Waals surface area contributed by atoms with Crippen LogP contribution in [0, 0.1) is 11.7 Å². The zero-order valence-corrected chi connectivity index (χ0v) is 14.0. The summed E-state index contributed by atoms with van der Waals surface area (Å²) in [5.74, 6) is -1.16. The monoisotopic (exact) mass is 351 g/mol. The van der Waals surface area contributed by atoms with Crippen LogP contribution in [0.2, 0.25) is 0 Å². The van der Waals surface area contributed by atoms with Crippen LogP contribution in [0.1, 0.15) is 15.9 Å². The molecule has 1 fully saturated rings. The van der Waals surface area contributed by atoms with Crippen molar-refractivity contribution in [3.05, 3.63) is 71.9 Å². The molecule has 6 heteroatoms. The normalized spacial score (nSPS) is 19.8. The number of halogens is 1. The number of benzene rings is 1. The van der Waals surface area contributed by atoms with E-state index in [-0.39, 0.29) is 18.0 Å². The average molecular weight is 351 g/mol. The minimum Gasteiger partial charge on any atom is -0.391 e. The lowest BCUT2D eigenvalue weighted by Gasteiger charge is -2.17. The second kappa shape index (κ2) is 6.80. The Bertz CT molecular complexity index is 957.